The number of primary amides is 1. The smallest absolute Gasteiger partial charge is 0.326 e. The predicted molar refractivity (Wildman–Crippen MR) is 67.2 cm³/mol. The maximum absolute atomic E-state index is 11.0. The molecule has 1 heterocycles. The van der Waals surface area contributed by atoms with E-state index in [1.54, 1.807) is 12.3 Å². The number of carboxylic acid groups (broad SMARTS) is 1. The molecule has 2 aromatic rings. The van der Waals surface area contributed by atoms with E-state index >= 15 is 0 Å². The second kappa shape index (κ2) is 4.79. The number of rotatable bonds is 5. The number of carbonyl (C=O) groups excluding carboxylic acids is 1. The molecule has 0 unspecified atom stereocenters. The second-order valence-corrected chi connectivity index (χ2v) is 3.99. The van der Waals surface area contributed by atoms with Crippen LogP contribution in [0.5, 0.6) is 0 Å². The van der Waals surface area contributed by atoms with E-state index in [4.69, 9.17) is 10.8 Å². The summed E-state index contributed by atoms with van der Waals surface area (Å²) in [5.74, 6) is -1.76. The molecule has 94 valence electrons. The van der Waals surface area contributed by atoms with Gasteiger partial charge in [0.2, 0.25) is 5.91 Å². The van der Waals surface area contributed by atoms with Crippen molar-refractivity contribution >= 4 is 28.5 Å². The van der Waals surface area contributed by atoms with Crippen LogP contribution in [0, 0.1) is 0 Å². The van der Waals surface area contributed by atoms with Crippen molar-refractivity contribution in [2.45, 2.75) is 12.5 Å². The van der Waals surface area contributed by atoms with Gasteiger partial charge >= 0.3 is 5.97 Å². The van der Waals surface area contributed by atoms with Crippen LogP contribution in [0.2, 0.25) is 0 Å². The Balaban J connectivity index is 2.19. The molecule has 5 N–H and O–H groups in total. The summed E-state index contributed by atoms with van der Waals surface area (Å²) < 4.78 is 0. The molecule has 1 aromatic carbocycles. The van der Waals surface area contributed by atoms with E-state index in [0.29, 0.717) is 5.69 Å². The average molecular weight is 247 g/mol. The molecule has 0 saturated carbocycles. The van der Waals surface area contributed by atoms with E-state index in [-0.39, 0.29) is 6.42 Å². The number of hydrogen-bond donors (Lipinski definition) is 4. The lowest BCUT2D eigenvalue weighted by Gasteiger charge is -2.14. The van der Waals surface area contributed by atoms with E-state index in [9.17, 15) is 9.59 Å². The largest absolute Gasteiger partial charge is 0.480 e. The monoisotopic (exact) mass is 247 g/mol. The number of nitrogens with two attached hydrogens (primary N) is 1. The Kier molecular flexibility index (Phi) is 3.18. The average Bonchev–Trinajstić information content (AvgIpc) is 2.74. The number of nitrogens with one attached hydrogen (secondary N) is 2. The van der Waals surface area contributed by atoms with Crippen molar-refractivity contribution in [2.24, 2.45) is 5.73 Å². The Hall–Kier alpha value is -2.50. The number of aromatic nitrogens is 1. The van der Waals surface area contributed by atoms with Gasteiger partial charge in [-0.2, -0.15) is 0 Å². The van der Waals surface area contributed by atoms with Crippen LogP contribution < -0.4 is 11.1 Å². The maximum atomic E-state index is 11.0. The molecule has 0 fully saturated rings. The number of carboxylic acids is 1. The Morgan fingerprint density at radius 3 is 2.83 bits per heavy atom. The fourth-order valence-corrected chi connectivity index (χ4v) is 1.75. The number of carbonyl (C=O) groups is 2. The number of amides is 1. The number of H-pyrrole nitrogens is 1. The highest BCUT2D eigenvalue weighted by molar-refractivity contribution is 5.87. The zero-order valence-corrected chi connectivity index (χ0v) is 9.51. The third-order valence-corrected chi connectivity index (χ3v) is 2.60. The van der Waals surface area contributed by atoms with Crippen molar-refractivity contribution in [3.05, 3.63) is 30.5 Å². The lowest BCUT2D eigenvalue weighted by molar-refractivity contribution is -0.139. The summed E-state index contributed by atoms with van der Waals surface area (Å²) in [5.41, 5.74) is 6.61. The van der Waals surface area contributed by atoms with Crippen molar-refractivity contribution in [1.29, 1.82) is 0 Å². The molecular formula is C12H13N3O3. The SMILES string of the molecule is NC(=O)C[C@H](Nc1ccc2[nH]ccc2c1)C(=O)O. The lowest BCUT2D eigenvalue weighted by Crippen LogP contribution is -2.33. The summed E-state index contributed by atoms with van der Waals surface area (Å²) in [6, 6.07) is 6.25. The quantitative estimate of drug-likeness (QED) is 0.629. The van der Waals surface area contributed by atoms with Gasteiger partial charge in [-0.1, -0.05) is 0 Å². The third-order valence-electron chi connectivity index (χ3n) is 2.60. The van der Waals surface area contributed by atoms with Crippen molar-refractivity contribution in [3.8, 4) is 0 Å². The first-order valence-electron chi connectivity index (χ1n) is 5.41. The van der Waals surface area contributed by atoms with Crippen LogP contribution in [0.25, 0.3) is 10.9 Å². The van der Waals surface area contributed by atoms with E-state index < -0.39 is 17.9 Å². The van der Waals surface area contributed by atoms with E-state index in [2.05, 4.69) is 10.3 Å². The molecule has 0 aliphatic rings. The van der Waals surface area contributed by atoms with Crippen molar-refractivity contribution in [2.75, 3.05) is 5.32 Å². The molecule has 1 aromatic heterocycles. The van der Waals surface area contributed by atoms with Crippen LogP contribution in [0.15, 0.2) is 30.5 Å². The van der Waals surface area contributed by atoms with Crippen molar-refractivity contribution < 1.29 is 14.7 Å². The number of hydrogen-bond acceptors (Lipinski definition) is 3. The van der Waals surface area contributed by atoms with Gasteiger partial charge in [-0.05, 0) is 24.3 Å². The minimum atomic E-state index is -1.11. The number of aliphatic carboxylic acids is 1. The molecule has 0 radical (unpaired) electrons. The van der Waals surface area contributed by atoms with E-state index in [1.807, 2.05) is 18.2 Å². The predicted octanol–water partition coefficient (Wildman–Crippen LogP) is 0.908. The minimum absolute atomic E-state index is 0.249. The molecule has 18 heavy (non-hydrogen) atoms. The minimum Gasteiger partial charge on any atom is -0.480 e. The number of aromatic amines is 1. The summed E-state index contributed by atoms with van der Waals surface area (Å²) in [4.78, 5) is 24.8. The molecule has 2 rings (SSSR count). The summed E-state index contributed by atoms with van der Waals surface area (Å²) >= 11 is 0. The molecule has 0 aliphatic heterocycles. The van der Waals surface area contributed by atoms with Crippen LogP contribution >= 0.6 is 0 Å². The third kappa shape index (κ3) is 2.60. The summed E-state index contributed by atoms with van der Waals surface area (Å²) in [7, 11) is 0. The van der Waals surface area contributed by atoms with E-state index in [1.165, 1.54) is 0 Å². The first-order chi connectivity index (χ1) is 8.56. The van der Waals surface area contributed by atoms with Crippen molar-refractivity contribution in [1.82, 2.24) is 4.98 Å². The zero-order valence-electron chi connectivity index (χ0n) is 9.51. The lowest BCUT2D eigenvalue weighted by atomic mass is 10.1. The molecule has 6 nitrogen and oxygen atoms in total. The van der Waals surface area contributed by atoms with Gasteiger partial charge in [0, 0.05) is 22.8 Å². The first kappa shape index (κ1) is 12.0. The fourth-order valence-electron chi connectivity index (χ4n) is 1.75. The fraction of sp³-hybridized carbons (Fsp3) is 0.167. The molecule has 0 saturated heterocycles. The summed E-state index contributed by atoms with van der Waals surface area (Å²) in [5, 5.41) is 12.7. The Labute approximate surface area is 103 Å². The zero-order chi connectivity index (χ0) is 13.1. The molecule has 1 amide bonds. The van der Waals surface area contributed by atoms with Gasteiger partial charge in [-0.3, -0.25) is 4.79 Å². The molecule has 6 heteroatoms. The van der Waals surface area contributed by atoms with Gasteiger partial charge in [0.15, 0.2) is 0 Å². The van der Waals surface area contributed by atoms with Crippen LogP contribution in [0.1, 0.15) is 6.42 Å². The molecular weight excluding hydrogens is 234 g/mol. The summed E-state index contributed by atoms with van der Waals surface area (Å²) in [6.45, 7) is 0. The van der Waals surface area contributed by atoms with Crippen LogP contribution in [0.3, 0.4) is 0 Å². The van der Waals surface area contributed by atoms with Crippen molar-refractivity contribution in [3.63, 3.8) is 0 Å². The normalized spacial score (nSPS) is 12.2. The van der Waals surface area contributed by atoms with Gasteiger partial charge in [-0.15, -0.1) is 0 Å². The summed E-state index contributed by atoms with van der Waals surface area (Å²) in [6.07, 6.45) is 1.55. The van der Waals surface area contributed by atoms with Gasteiger partial charge in [0.1, 0.15) is 6.04 Å². The number of benzene rings is 1. The Bertz CT molecular complexity index is 591. The number of fused-ring (bicyclic) bond motifs is 1. The standard InChI is InChI=1S/C12H13N3O3/c13-11(16)6-10(12(17)18)15-8-1-2-9-7(5-8)3-4-14-9/h1-5,10,14-15H,6H2,(H2,13,16)(H,17,18)/t10-/m0/s1. The maximum Gasteiger partial charge on any atom is 0.326 e. The molecule has 0 spiro atoms. The topological polar surface area (TPSA) is 108 Å². The van der Waals surface area contributed by atoms with Crippen LogP contribution in [-0.4, -0.2) is 28.0 Å². The van der Waals surface area contributed by atoms with E-state index in [0.717, 1.165) is 10.9 Å². The van der Waals surface area contributed by atoms with Gasteiger partial charge < -0.3 is 21.1 Å². The Morgan fingerprint density at radius 2 is 2.17 bits per heavy atom. The number of anilines is 1. The highest BCUT2D eigenvalue weighted by Gasteiger charge is 2.19. The van der Waals surface area contributed by atoms with Crippen LogP contribution in [-0.2, 0) is 9.59 Å². The van der Waals surface area contributed by atoms with Gasteiger partial charge in [-0.25, -0.2) is 4.79 Å². The molecule has 1 atom stereocenters. The first-order valence-corrected chi connectivity index (χ1v) is 5.41. The van der Waals surface area contributed by atoms with Crippen LogP contribution in [0.4, 0.5) is 5.69 Å². The Morgan fingerprint density at radius 1 is 1.39 bits per heavy atom. The highest BCUT2D eigenvalue weighted by Crippen LogP contribution is 2.18. The molecule has 0 aliphatic carbocycles. The van der Waals surface area contributed by atoms with Gasteiger partial charge in [0.25, 0.3) is 0 Å². The van der Waals surface area contributed by atoms with Gasteiger partial charge in [0.05, 0.1) is 6.42 Å². The second-order valence-electron chi connectivity index (χ2n) is 3.99. The molecule has 0 bridgehead atoms. The highest BCUT2D eigenvalue weighted by atomic mass is 16.4.